The molecule has 2 aromatic carbocycles. The normalized spacial score (nSPS) is 20.5. The van der Waals surface area contributed by atoms with Crippen molar-refractivity contribution in [2.75, 3.05) is 14.2 Å². The van der Waals surface area contributed by atoms with Gasteiger partial charge in [0.15, 0.2) is 5.78 Å². The Morgan fingerprint density at radius 3 is 2.48 bits per heavy atom. The van der Waals surface area contributed by atoms with Crippen LogP contribution in [-0.4, -0.2) is 42.6 Å². The number of ketones is 1. The van der Waals surface area contributed by atoms with Crippen LogP contribution in [0.3, 0.4) is 0 Å². The molecule has 4 rings (SSSR count). The maximum absolute atomic E-state index is 13.3. The number of likely N-dealkylation sites (N-methyl/N-ethyl adjacent to an activating group) is 1. The van der Waals surface area contributed by atoms with Crippen molar-refractivity contribution in [3.05, 3.63) is 82.4 Å². The number of fused-ring (bicyclic) bond motifs is 4. The van der Waals surface area contributed by atoms with Gasteiger partial charge in [-0.1, -0.05) is 24.3 Å². The number of ether oxygens (including phenoxy) is 1. The number of amides is 2. The summed E-state index contributed by atoms with van der Waals surface area (Å²) in [6.45, 7) is 0. The van der Waals surface area contributed by atoms with E-state index < -0.39 is 23.2 Å². The number of rotatable bonds is 1. The minimum atomic E-state index is -1.35. The van der Waals surface area contributed by atoms with E-state index >= 15 is 0 Å². The molecule has 0 N–H and O–H groups in total. The smallest absolute Gasteiger partial charge is 0.337 e. The van der Waals surface area contributed by atoms with Crippen molar-refractivity contribution in [1.29, 1.82) is 0 Å². The summed E-state index contributed by atoms with van der Waals surface area (Å²) in [5, 5.41) is 0. The average molecular weight is 361 g/mol. The van der Waals surface area contributed by atoms with Crippen molar-refractivity contribution in [3.8, 4) is 0 Å². The molecule has 2 aliphatic rings. The predicted octanol–water partition coefficient (Wildman–Crippen LogP) is 2.12. The molecule has 6 heteroatoms. The minimum absolute atomic E-state index is 0.226. The number of carbonyl (C=O) groups excluding carboxylic acids is 4. The number of benzene rings is 2. The van der Waals surface area contributed by atoms with Crippen LogP contribution in [0, 0.1) is 0 Å². The average Bonchev–Trinajstić information content (AvgIpc) is 2.71. The fourth-order valence-electron chi connectivity index (χ4n) is 3.80. The van der Waals surface area contributed by atoms with Gasteiger partial charge < -0.3 is 4.74 Å². The molecular formula is C21H15NO5. The van der Waals surface area contributed by atoms with Crippen LogP contribution < -0.4 is 0 Å². The molecular weight excluding hydrogens is 346 g/mol. The number of carbonyl (C=O) groups is 4. The van der Waals surface area contributed by atoms with Gasteiger partial charge in [0.05, 0.1) is 12.7 Å². The summed E-state index contributed by atoms with van der Waals surface area (Å²) < 4.78 is 4.77. The molecule has 0 saturated heterocycles. The Morgan fingerprint density at radius 1 is 1.00 bits per heavy atom. The standard InChI is InChI=1S/C21H15NO5/c1-22-18(24)14-5-3-4-6-15(14)21(20(22)26)10-9-17(23)13-8-7-12(11-16(13)21)19(25)27-2/h3-11H,1-2H3. The first-order chi connectivity index (χ1) is 12.9. The van der Waals surface area contributed by atoms with Crippen molar-refractivity contribution in [1.82, 2.24) is 4.90 Å². The number of imide groups is 1. The third-order valence-electron chi connectivity index (χ3n) is 5.14. The van der Waals surface area contributed by atoms with Gasteiger partial charge in [0.1, 0.15) is 5.41 Å². The Labute approximate surface area is 155 Å². The quantitative estimate of drug-likeness (QED) is 0.574. The maximum Gasteiger partial charge on any atom is 0.337 e. The summed E-state index contributed by atoms with van der Waals surface area (Å²) in [4.78, 5) is 51.4. The van der Waals surface area contributed by atoms with Crippen LogP contribution in [0.5, 0.6) is 0 Å². The van der Waals surface area contributed by atoms with Crippen molar-refractivity contribution in [2.45, 2.75) is 5.41 Å². The summed E-state index contributed by atoms with van der Waals surface area (Å²) in [6.07, 6.45) is 2.86. The molecule has 0 aromatic heterocycles. The van der Waals surface area contributed by atoms with E-state index in [1.54, 1.807) is 24.3 Å². The molecule has 1 spiro atoms. The van der Waals surface area contributed by atoms with E-state index in [9.17, 15) is 19.2 Å². The van der Waals surface area contributed by atoms with Crippen molar-refractivity contribution in [3.63, 3.8) is 0 Å². The minimum Gasteiger partial charge on any atom is -0.465 e. The van der Waals surface area contributed by atoms with Crippen LogP contribution in [0.25, 0.3) is 0 Å². The first-order valence-corrected chi connectivity index (χ1v) is 8.30. The van der Waals surface area contributed by atoms with Gasteiger partial charge in [0, 0.05) is 18.2 Å². The first kappa shape index (κ1) is 16.9. The Morgan fingerprint density at radius 2 is 1.74 bits per heavy atom. The zero-order chi connectivity index (χ0) is 19.3. The van der Waals surface area contributed by atoms with Crippen LogP contribution in [-0.2, 0) is 14.9 Å². The van der Waals surface area contributed by atoms with Crippen LogP contribution in [0.15, 0.2) is 54.6 Å². The van der Waals surface area contributed by atoms with Crippen LogP contribution in [0.2, 0.25) is 0 Å². The summed E-state index contributed by atoms with van der Waals surface area (Å²) in [6, 6.07) is 11.3. The fourth-order valence-corrected chi connectivity index (χ4v) is 3.80. The molecule has 27 heavy (non-hydrogen) atoms. The van der Waals surface area contributed by atoms with E-state index in [1.165, 1.54) is 44.5 Å². The molecule has 6 nitrogen and oxygen atoms in total. The second-order valence-electron chi connectivity index (χ2n) is 6.47. The number of methoxy groups -OCH3 is 1. The number of hydrogen-bond donors (Lipinski definition) is 0. The molecule has 1 aliphatic carbocycles. The van der Waals surface area contributed by atoms with Crippen molar-refractivity contribution >= 4 is 23.6 Å². The lowest BCUT2D eigenvalue weighted by Gasteiger charge is -2.41. The largest absolute Gasteiger partial charge is 0.465 e. The molecule has 0 saturated carbocycles. The second kappa shape index (κ2) is 5.74. The third-order valence-corrected chi connectivity index (χ3v) is 5.14. The Bertz CT molecular complexity index is 1070. The monoisotopic (exact) mass is 361 g/mol. The second-order valence-corrected chi connectivity index (χ2v) is 6.47. The highest BCUT2D eigenvalue weighted by Crippen LogP contribution is 2.45. The molecule has 0 bridgehead atoms. The summed E-state index contributed by atoms with van der Waals surface area (Å²) in [7, 11) is 2.67. The lowest BCUT2D eigenvalue weighted by molar-refractivity contribution is -0.131. The van der Waals surface area contributed by atoms with Crippen LogP contribution in [0.4, 0.5) is 0 Å². The zero-order valence-electron chi connectivity index (χ0n) is 14.7. The summed E-state index contributed by atoms with van der Waals surface area (Å²) >= 11 is 0. The van der Waals surface area contributed by atoms with E-state index in [1.807, 2.05) is 0 Å². The predicted molar refractivity (Wildman–Crippen MR) is 95.6 cm³/mol. The van der Waals surface area contributed by atoms with Crippen LogP contribution >= 0.6 is 0 Å². The summed E-state index contributed by atoms with van der Waals surface area (Å²) in [5.74, 6) is -1.72. The van der Waals surface area contributed by atoms with E-state index in [0.29, 0.717) is 22.3 Å². The van der Waals surface area contributed by atoms with Crippen molar-refractivity contribution < 1.29 is 23.9 Å². The number of nitrogens with zero attached hydrogens (tertiary/aromatic N) is 1. The van der Waals surface area contributed by atoms with E-state index in [2.05, 4.69) is 0 Å². The molecule has 1 heterocycles. The third kappa shape index (κ3) is 2.13. The SMILES string of the molecule is COC(=O)c1ccc2c(c1)C1(C=CC2=O)C(=O)N(C)C(=O)c2ccccc21. The molecule has 134 valence electrons. The Balaban J connectivity index is 2.10. The molecule has 1 unspecified atom stereocenters. The highest BCUT2D eigenvalue weighted by atomic mass is 16.5. The van der Waals surface area contributed by atoms with Gasteiger partial charge in [-0.05, 0) is 41.5 Å². The highest BCUT2D eigenvalue weighted by Gasteiger charge is 2.52. The molecule has 2 amide bonds. The number of hydrogen-bond acceptors (Lipinski definition) is 5. The van der Waals surface area contributed by atoms with E-state index in [0.717, 1.165) is 4.90 Å². The number of allylic oxidation sites excluding steroid dienone is 1. The lowest BCUT2D eigenvalue weighted by Crippen LogP contribution is -2.53. The van der Waals surface area contributed by atoms with E-state index in [-0.39, 0.29) is 11.3 Å². The first-order valence-electron chi connectivity index (χ1n) is 8.30. The maximum atomic E-state index is 13.3. The molecule has 0 fully saturated rings. The van der Waals surface area contributed by atoms with Gasteiger partial charge in [-0.25, -0.2) is 4.79 Å². The molecule has 2 aromatic rings. The highest BCUT2D eigenvalue weighted by molar-refractivity contribution is 6.19. The van der Waals surface area contributed by atoms with Gasteiger partial charge in [0.2, 0.25) is 5.91 Å². The Kier molecular flexibility index (Phi) is 3.59. The van der Waals surface area contributed by atoms with Crippen LogP contribution in [0.1, 0.15) is 42.2 Å². The molecule has 1 aliphatic heterocycles. The molecule has 1 atom stereocenters. The summed E-state index contributed by atoms with van der Waals surface area (Å²) in [5.41, 5.74) is 0.430. The Hall–Kier alpha value is -3.54. The van der Waals surface area contributed by atoms with E-state index in [4.69, 9.17) is 4.74 Å². The zero-order valence-corrected chi connectivity index (χ0v) is 14.7. The van der Waals surface area contributed by atoms with Gasteiger partial charge >= 0.3 is 5.97 Å². The lowest BCUT2D eigenvalue weighted by atomic mass is 9.65. The fraction of sp³-hybridized carbons (Fsp3) is 0.143. The topological polar surface area (TPSA) is 80.8 Å². The van der Waals surface area contributed by atoms with Gasteiger partial charge in [0.25, 0.3) is 5.91 Å². The number of esters is 1. The van der Waals surface area contributed by atoms with Gasteiger partial charge in [-0.3, -0.25) is 19.3 Å². The molecule has 0 radical (unpaired) electrons. The van der Waals surface area contributed by atoms with Gasteiger partial charge in [-0.2, -0.15) is 0 Å². The van der Waals surface area contributed by atoms with Gasteiger partial charge in [-0.15, -0.1) is 0 Å². The van der Waals surface area contributed by atoms with Crippen molar-refractivity contribution in [2.24, 2.45) is 0 Å².